The number of nitrogens with one attached hydrogen (secondary N) is 2. The van der Waals surface area contributed by atoms with Crippen molar-refractivity contribution in [2.45, 2.75) is 157 Å². The van der Waals surface area contributed by atoms with Gasteiger partial charge in [0.15, 0.2) is 0 Å². The molecule has 5 atom stereocenters. The highest BCUT2D eigenvalue weighted by molar-refractivity contribution is 5.49. The average Bonchev–Trinajstić information content (AvgIpc) is 3.00. The first-order chi connectivity index (χ1) is 21.2. The quantitative estimate of drug-likeness (QED) is 0.0824. The minimum atomic E-state index is 0.215. The van der Waals surface area contributed by atoms with Crippen LogP contribution in [0.3, 0.4) is 0 Å². The average molecular weight is 605 g/mol. The van der Waals surface area contributed by atoms with Gasteiger partial charge in [-0.2, -0.15) is 0 Å². The first kappa shape index (κ1) is 38.2. The predicted octanol–water partition coefficient (Wildman–Crippen LogP) is 13.6. The molecule has 0 heterocycles. The SMILES string of the molecule is CC(C)CCCC(C)CCCC(C)CCCCC(C)CCCC(C)CCCC(C)C(Nc1ccccc1)Nc1ccccc1. The van der Waals surface area contributed by atoms with E-state index in [0.717, 1.165) is 29.6 Å². The molecule has 0 aliphatic heterocycles. The van der Waals surface area contributed by atoms with E-state index in [9.17, 15) is 0 Å². The van der Waals surface area contributed by atoms with E-state index in [1.165, 1.54) is 114 Å². The van der Waals surface area contributed by atoms with Crippen LogP contribution < -0.4 is 10.6 Å². The third-order valence-electron chi connectivity index (χ3n) is 10.0. The van der Waals surface area contributed by atoms with E-state index < -0.39 is 0 Å². The minimum absolute atomic E-state index is 0.215. The van der Waals surface area contributed by atoms with Crippen LogP contribution in [0.1, 0.15) is 151 Å². The van der Waals surface area contributed by atoms with Crippen molar-refractivity contribution < 1.29 is 0 Å². The third kappa shape index (κ3) is 18.8. The normalized spacial score (nSPS) is 15.2. The number of unbranched alkanes of at least 4 members (excludes halogenated alkanes) is 1. The molecule has 250 valence electrons. The van der Waals surface area contributed by atoms with Gasteiger partial charge in [0.1, 0.15) is 0 Å². The number of anilines is 2. The molecule has 0 spiro atoms. The van der Waals surface area contributed by atoms with Crippen LogP contribution >= 0.6 is 0 Å². The van der Waals surface area contributed by atoms with Gasteiger partial charge >= 0.3 is 0 Å². The molecular formula is C42H72N2. The number of para-hydroxylation sites is 2. The number of hydrogen-bond acceptors (Lipinski definition) is 2. The van der Waals surface area contributed by atoms with Crippen molar-refractivity contribution in [3.63, 3.8) is 0 Å². The van der Waals surface area contributed by atoms with Crippen molar-refractivity contribution in [2.24, 2.45) is 35.5 Å². The molecule has 0 saturated heterocycles. The van der Waals surface area contributed by atoms with E-state index in [1.54, 1.807) is 0 Å². The highest BCUT2D eigenvalue weighted by atomic mass is 15.1. The summed E-state index contributed by atoms with van der Waals surface area (Å²) in [7, 11) is 0. The zero-order chi connectivity index (χ0) is 32.0. The number of rotatable bonds is 26. The molecule has 0 aliphatic rings. The number of hydrogen-bond donors (Lipinski definition) is 2. The summed E-state index contributed by atoms with van der Waals surface area (Å²) in [6, 6.07) is 21.2. The van der Waals surface area contributed by atoms with Crippen molar-refractivity contribution in [3.05, 3.63) is 60.7 Å². The molecule has 2 heteroatoms. The molecule has 2 rings (SSSR count). The molecule has 0 aromatic heterocycles. The van der Waals surface area contributed by atoms with Crippen molar-refractivity contribution in [1.29, 1.82) is 0 Å². The molecule has 5 unspecified atom stereocenters. The van der Waals surface area contributed by atoms with Crippen molar-refractivity contribution in [3.8, 4) is 0 Å². The molecule has 0 saturated carbocycles. The Bertz CT molecular complexity index is 868. The Balaban J connectivity index is 1.53. The van der Waals surface area contributed by atoms with Crippen LogP contribution in [-0.4, -0.2) is 6.17 Å². The highest BCUT2D eigenvalue weighted by Gasteiger charge is 2.18. The second-order valence-electron chi connectivity index (χ2n) is 15.3. The maximum absolute atomic E-state index is 3.75. The Morgan fingerprint density at radius 2 is 0.705 bits per heavy atom. The Hall–Kier alpha value is -1.96. The third-order valence-corrected chi connectivity index (χ3v) is 10.0. The first-order valence-electron chi connectivity index (χ1n) is 18.9. The summed E-state index contributed by atoms with van der Waals surface area (Å²) in [5, 5.41) is 7.50. The molecule has 2 aromatic rings. The van der Waals surface area contributed by atoms with Crippen molar-refractivity contribution in [1.82, 2.24) is 0 Å². The van der Waals surface area contributed by atoms with Crippen LogP contribution in [-0.2, 0) is 0 Å². The van der Waals surface area contributed by atoms with Gasteiger partial charge in [-0.15, -0.1) is 0 Å². The van der Waals surface area contributed by atoms with Crippen LogP contribution in [0.2, 0.25) is 0 Å². The summed E-state index contributed by atoms with van der Waals surface area (Å²) in [6.45, 7) is 17.0. The van der Waals surface area contributed by atoms with Gasteiger partial charge in [0.25, 0.3) is 0 Å². The van der Waals surface area contributed by atoms with Crippen LogP contribution in [0, 0.1) is 35.5 Å². The van der Waals surface area contributed by atoms with E-state index in [0.29, 0.717) is 5.92 Å². The van der Waals surface area contributed by atoms with E-state index in [-0.39, 0.29) is 6.17 Å². The standard InChI is InChI=1S/C42H72N2/c1-34(2)20-16-23-37(5)26-17-24-35(3)21-14-15-22-36(4)25-18-27-38(6)28-19-29-39(7)42(43-40-30-10-8-11-31-40)44-41-32-12-9-13-33-41/h8-13,30-39,42-44H,14-29H2,1-7H3. The largest absolute Gasteiger partial charge is 0.365 e. The van der Waals surface area contributed by atoms with Gasteiger partial charge in [-0.3, -0.25) is 0 Å². The maximum Gasteiger partial charge on any atom is 0.0989 e. The van der Waals surface area contributed by atoms with Gasteiger partial charge in [0.2, 0.25) is 0 Å². The lowest BCUT2D eigenvalue weighted by Gasteiger charge is -2.28. The van der Waals surface area contributed by atoms with Crippen LogP contribution in [0.5, 0.6) is 0 Å². The zero-order valence-electron chi connectivity index (χ0n) is 30.1. The van der Waals surface area contributed by atoms with Crippen LogP contribution in [0.25, 0.3) is 0 Å². The Labute approximate surface area is 275 Å². The van der Waals surface area contributed by atoms with E-state index in [1.807, 2.05) is 0 Å². The van der Waals surface area contributed by atoms with E-state index in [4.69, 9.17) is 0 Å². The van der Waals surface area contributed by atoms with Crippen molar-refractivity contribution in [2.75, 3.05) is 10.6 Å². The maximum atomic E-state index is 3.75. The Kier molecular flexibility index (Phi) is 20.3. The second-order valence-corrected chi connectivity index (χ2v) is 15.3. The van der Waals surface area contributed by atoms with Crippen LogP contribution in [0.4, 0.5) is 11.4 Å². The molecule has 2 aromatic carbocycles. The molecule has 0 fully saturated rings. The molecule has 0 amide bonds. The van der Waals surface area contributed by atoms with Gasteiger partial charge in [-0.1, -0.05) is 181 Å². The molecule has 44 heavy (non-hydrogen) atoms. The molecule has 0 aliphatic carbocycles. The lowest BCUT2D eigenvalue weighted by Crippen LogP contribution is -2.35. The summed E-state index contributed by atoms with van der Waals surface area (Å²) in [5.41, 5.74) is 2.36. The molecule has 2 N–H and O–H groups in total. The summed E-state index contributed by atoms with van der Waals surface area (Å²) in [4.78, 5) is 0. The Morgan fingerprint density at radius 3 is 1.07 bits per heavy atom. The van der Waals surface area contributed by atoms with Crippen LogP contribution in [0.15, 0.2) is 60.7 Å². The minimum Gasteiger partial charge on any atom is -0.365 e. The Morgan fingerprint density at radius 1 is 0.386 bits per heavy atom. The summed E-state index contributed by atoms with van der Waals surface area (Å²) in [6.07, 6.45) is 22.6. The fourth-order valence-corrected chi connectivity index (χ4v) is 6.77. The predicted molar refractivity (Wildman–Crippen MR) is 198 cm³/mol. The van der Waals surface area contributed by atoms with Gasteiger partial charge in [0.05, 0.1) is 6.17 Å². The summed E-state index contributed by atoms with van der Waals surface area (Å²) >= 11 is 0. The van der Waals surface area contributed by atoms with Crippen molar-refractivity contribution >= 4 is 11.4 Å². The first-order valence-corrected chi connectivity index (χ1v) is 18.9. The highest BCUT2D eigenvalue weighted by Crippen LogP contribution is 2.26. The lowest BCUT2D eigenvalue weighted by molar-refractivity contribution is 0.365. The fourth-order valence-electron chi connectivity index (χ4n) is 6.77. The smallest absolute Gasteiger partial charge is 0.0989 e. The van der Waals surface area contributed by atoms with Gasteiger partial charge in [0, 0.05) is 11.4 Å². The molecular weight excluding hydrogens is 532 g/mol. The van der Waals surface area contributed by atoms with Gasteiger partial charge in [-0.25, -0.2) is 0 Å². The topological polar surface area (TPSA) is 24.1 Å². The second kappa shape index (κ2) is 23.4. The monoisotopic (exact) mass is 605 g/mol. The summed E-state index contributed by atoms with van der Waals surface area (Å²) in [5.74, 6) is 4.95. The van der Waals surface area contributed by atoms with Gasteiger partial charge < -0.3 is 10.6 Å². The van der Waals surface area contributed by atoms with Gasteiger partial charge in [-0.05, 0) is 66.2 Å². The molecule has 0 radical (unpaired) electrons. The zero-order valence-corrected chi connectivity index (χ0v) is 30.1. The number of benzene rings is 2. The molecule has 2 nitrogen and oxygen atoms in total. The lowest BCUT2D eigenvalue weighted by atomic mass is 9.90. The summed E-state index contributed by atoms with van der Waals surface area (Å²) < 4.78 is 0. The fraction of sp³-hybridized carbons (Fsp3) is 0.714. The van der Waals surface area contributed by atoms with E-state index >= 15 is 0 Å². The van der Waals surface area contributed by atoms with E-state index in [2.05, 4.69) is 120 Å². The molecule has 0 bridgehead atoms.